The van der Waals surface area contributed by atoms with Gasteiger partial charge in [0.2, 0.25) is 0 Å². The van der Waals surface area contributed by atoms with Crippen LogP contribution in [-0.2, 0) is 4.74 Å². The highest BCUT2D eigenvalue weighted by atomic mass is 32.1. The van der Waals surface area contributed by atoms with Gasteiger partial charge in [-0.3, -0.25) is 0 Å². The van der Waals surface area contributed by atoms with Crippen molar-refractivity contribution in [1.82, 2.24) is 4.98 Å². The van der Waals surface area contributed by atoms with Gasteiger partial charge < -0.3 is 15.8 Å². The van der Waals surface area contributed by atoms with E-state index in [2.05, 4.69) is 10.3 Å². The Labute approximate surface area is 107 Å². The highest BCUT2D eigenvalue weighted by Gasteiger charge is 2.13. The van der Waals surface area contributed by atoms with E-state index in [4.69, 9.17) is 22.7 Å². The van der Waals surface area contributed by atoms with E-state index >= 15 is 0 Å². The van der Waals surface area contributed by atoms with Gasteiger partial charge in [-0.15, -0.1) is 0 Å². The normalized spacial score (nSPS) is 19.9. The largest absolute Gasteiger partial charge is 0.389 e. The Morgan fingerprint density at radius 2 is 2.53 bits per heavy atom. The van der Waals surface area contributed by atoms with Gasteiger partial charge in [-0.25, -0.2) is 4.98 Å². The van der Waals surface area contributed by atoms with Gasteiger partial charge in [0, 0.05) is 24.9 Å². The van der Waals surface area contributed by atoms with Crippen molar-refractivity contribution in [2.24, 2.45) is 11.7 Å². The third-order valence-corrected chi connectivity index (χ3v) is 3.11. The van der Waals surface area contributed by atoms with Crippen LogP contribution in [0.1, 0.15) is 18.4 Å². The molecule has 1 unspecified atom stereocenters. The zero-order valence-corrected chi connectivity index (χ0v) is 10.5. The summed E-state index contributed by atoms with van der Waals surface area (Å²) >= 11 is 4.93. The SMILES string of the molecule is NC(=S)c1ccnc(NCC2CCCOC2)c1. The molecule has 0 saturated carbocycles. The molecule has 3 N–H and O–H groups in total. The molecule has 1 aromatic heterocycles. The molecule has 0 spiro atoms. The lowest BCUT2D eigenvalue weighted by molar-refractivity contribution is 0.0595. The Hall–Kier alpha value is -1.20. The predicted octanol–water partition coefficient (Wildman–Crippen LogP) is 1.55. The fraction of sp³-hybridized carbons (Fsp3) is 0.500. The highest BCUT2D eigenvalue weighted by Crippen LogP contribution is 2.14. The van der Waals surface area contributed by atoms with Crippen LogP contribution in [-0.4, -0.2) is 29.7 Å². The van der Waals surface area contributed by atoms with E-state index in [1.54, 1.807) is 6.20 Å². The molecule has 0 aliphatic carbocycles. The van der Waals surface area contributed by atoms with Gasteiger partial charge in [0.05, 0.1) is 6.61 Å². The summed E-state index contributed by atoms with van der Waals surface area (Å²) in [7, 11) is 0. The van der Waals surface area contributed by atoms with Crippen LogP contribution in [0.15, 0.2) is 18.3 Å². The molecule has 1 aliphatic heterocycles. The molecule has 4 nitrogen and oxygen atoms in total. The lowest BCUT2D eigenvalue weighted by Gasteiger charge is -2.22. The van der Waals surface area contributed by atoms with Gasteiger partial charge >= 0.3 is 0 Å². The predicted molar refractivity (Wildman–Crippen MR) is 72.2 cm³/mol. The summed E-state index contributed by atoms with van der Waals surface area (Å²) in [4.78, 5) is 4.64. The number of nitrogens with zero attached hydrogens (tertiary/aromatic N) is 1. The van der Waals surface area contributed by atoms with Crippen LogP contribution in [0, 0.1) is 5.92 Å². The monoisotopic (exact) mass is 251 g/mol. The fourth-order valence-electron chi connectivity index (χ4n) is 1.90. The van der Waals surface area contributed by atoms with Gasteiger partial charge in [-0.2, -0.15) is 0 Å². The Morgan fingerprint density at radius 3 is 3.24 bits per heavy atom. The van der Waals surface area contributed by atoms with E-state index in [1.807, 2.05) is 12.1 Å². The molecule has 0 amide bonds. The average molecular weight is 251 g/mol. The minimum atomic E-state index is 0.399. The number of aromatic nitrogens is 1. The summed E-state index contributed by atoms with van der Waals surface area (Å²) in [6.45, 7) is 2.61. The van der Waals surface area contributed by atoms with Crippen molar-refractivity contribution in [3.8, 4) is 0 Å². The maximum Gasteiger partial charge on any atom is 0.126 e. The molecule has 1 aromatic rings. The van der Waals surface area contributed by atoms with Crippen molar-refractivity contribution in [3.63, 3.8) is 0 Å². The number of nitrogens with one attached hydrogen (secondary N) is 1. The second-order valence-electron chi connectivity index (χ2n) is 4.26. The molecule has 0 bridgehead atoms. The molecule has 5 heteroatoms. The molecule has 92 valence electrons. The maximum atomic E-state index is 5.58. The molecular formula is C12H17N3OS. The second kappa shape index (κ2) is 5.93. The molecule has 0 radical (unpaired) electrons. The summed E-state index contributed by atoms with van der Waals surface area (Å²) < 4.78 is 5.43. The first-order chi connectivity index (χ1) is 8.25. The van der Waals surface area contributed by atoms with Crippen LogP contribution in [0.2, 0.25) is 0 Å². The van der Waals surface area contributed by atoms with E-state index in [-0.39, 0.29) is 0 Å². The molecule has 1 atom stereocenters. The van der Waals surface area contributed by atoms with Crippen molar-refractivity contribution in [3.05, 3.63) is 23.9 Å². The summed E-state index contributed by atoms with van der Waals surface area (Å²) in [6, 6.07) is 3.70. The molecule has 2 rings (SSSR count). The topological polar surface area (TPSA) is 60.2 Å². The van der Waals surface area contributed by atoms with Crippen LogP contribution in [0.25, 0.3) is 0 Å². The van der Waals surface area contributed by atoms with E-state index < -0.39 is 0 Å². The smallest absolute Gasteiger partial charge is 0.126 e. The summed E-state index contributed by atoms with van der Waals surface area (Å²) in [5.74, 6) is 1.39. The first-order valence-electron chi connectivity index (χ1n) is 5.83. The summed E-state index contributed by atoms with van der Waals surface area (Å²) in [5, 5.41) is 3.30. The van der Waals surface area contributed by atoms with Gasteiger partial charge in [0.25, 0.3) is 0 Å². The second-order valence-corrected chi connectivity index (χ2v) is 4.70. The number of anilines is 1. The van der Waals surface area contributed by atoms with Crippen molar-refractivity contribution < 1.29 is 4.74 Å². The van der Waals surface area contributed by atoms with E-state index in [1.165, 1.54) is 6.42 Å². The molecule has 1 saturated heterocycles. The quantitative estimate of drug-likeness (QED) is 0.795. The van der Waals surface area contributed by atoms with E-state index in [9.17, 15) is 0 Å². The number of rotatable bonds is 4. The van der Waals surface area contributed by atoms with E-state index in [0.717, 1.165) is 37.6 Å². The number of nitrogens with two attached hydrogens (primary N) is 1. The number of hydrogen-bond donors (Lipinski definition) is 2. The van der Waals surface area contributed by atoms with Crippen LogP contribution in [0.3, 0.4) is 0 Å². The highest BCUT2D eigenvalue weighted by molar-refractivity contribution is 7.80. The summed E-state index contributed by atoms with van der Waals surface area (Å²) in [6.07, 6.45) is 4.07. The van der Waals surface area contributed by atoms with Crippen LogP contribution in [0.4, 0.5) is 5.82 Å². The Bertz CT molecular complexity index is 391. The standard InChI is InChI=1S/C12H17N3OS/c13-12(17)10-3-4-14-11(6-10)15-7-9-2-1-5-16-8-9/h3-4,6,9H,1-2,5,7-8H2,(H2,13,17)(H,14,15). The molecule has 17 heavy (non-hydrogen) atoms. The minimum absolute atomic E-state index is 0.399. The zero-order valence-electron chi connectivity index (χ0n) is 9.69. The van der Waals surface area contributed by atoms with Gasteiger partial charge in [-0.05, 0) is 30.9 Å². The third-order valence-electron chi connectivity index (χ3n) is 2.87. The third kappa shape index (κ3) is 3.64. The average Bonchev–Trinajstić information content (AvgIpc) is 2.38. The fourth-order valence-corrected chi connectivity index (χ4v) is 2.02. The minimum Gasteiger partial charge on any atom is -0.389 e. The Kier molecular flexibility index (Phi) is 4.28. The van der Waals surface area contributed by atoms with Crippen molar-refractivity contribution in [2.45, 2.75) is 12.8 Å². The van der Waals surface area contributed by atoms with Gasteiger partial charge in [-0.1, -0.05) is 12.2 Å². The maximum absolute atomic E-state index is 5.58. The number of ether oxygens (including phenoxy) is 1. The van der Waals surface area contributed by atoms with Crippen molar-refractivity contribution in [2.75, 3.05) is 25.1 Å². The molecular weight excluding hydrogens is 234 g/mol. The number of hydrogen-bond acceptors (Lipinski definition) is 4. The lowest BCUT2D eigenvalue weighted by atomic mass is 10.0. The number of thiocarbonyl (C=S) groups is 1. The molecule has 2 heterocycles. The van der Waals surface area contributed by atoms with E-state index in [0.29, 0.717) is 10.9 Å². The zero-order chi connectivity index (χ0) is 12.1. The first kappa shape index (κ1) is 12.3. The van der Waals surface area contributed by atoms with Crippen molar-refractivity contribution >= 4 is 23.0 Å². The molecule has 1 fully saturated rings. The number of pyridine rings is 1. The molecule has 0 aromatic carbocycles. The molecule has 1 aliphatic rings. The van der Waals surface area contributed by atoms with Crippen LogP contribution in [0.5, 0.6) is 0 Å². The van der Waals surface area contributed by atoms with Gasteiger partial charge in [0.15, 0.2) is 0 Å². The van der Waals surface area contributed by atoms with Gasteiger partial charge in [0.1, 0.15) is 10.8 Å². The first-order valence-corrected chi connectivity index (χ1v) is 6.24. The lowest BCUT2D eigenvalue weighted by Crippen LogP contribution is -2.24. The van der Waals surface area contributed by atoms with Crippen LogP contribution >= 0.6 is 12.2 Å². The summed E-state index contributed by atoms with van der Waals surface area (Å²) in [5.41, 5.74) is 6.42. The Morgan fingerprint density at radius 1 is 1.65 bits per heavy atom. The van der Waals surface area contributed by atoms with Crippen molar-refractivity contribution in [1.29, 1.82) is 0 Å². The van der Waals surface area contributed by atoms with Crippen LogP contribution < -0.4 is 11.1 Å². The Balaban J connectivity index is 1.89.